The van der Waals surface area contributed by atoms with Gasteiger partial charge in [0.2, 0.25) is 0 Å². The smallest absolute Gasteiger partial charge is 0.345 e. The zero-order chi connectivity index (χ0) is 19.9. The van der Waals surface area contributed by atoms with E-state index in [4.69, 9.17) is 4.74 Å². The molecule has 0 aliphatic carbocycles. The van der Waals surface area contributed by atoms with E-state index >= 15 is 0 Å². The number of hydrogen-bond donors (Lipinski definition) is 1. The van der Waals surface area contributed by atoms with Crippen molar-refractivity contribution in [1.29, 1.82) is 0 Å². The van der Waals surface area contributed by atoms with Gasteiger partial charge in [-0.2, -0.15) is 0 Å². The zero-order valence-corrected chi connectivity index (χ0v) is 14.7. The molecule has 0 unspecified atom stereocenters. The van der Waals surface area contributed by atoms with Gasteiger partial charge in [0.25, 0.3) is 11.6 Å². The summed E-state index contributed by atoms with van der Waals surface area (Å²) in [6.07, 6.45) is 0. The van der Waals surface area contributed by atoms with Crippen LogP contribution in [-0.4, -0.2) is 23.4 Å². The lowest BCUT2D eigenvalue weighted by atomic mass is 10.0. The minimum absolute atomic E-state index is 0.204. The number of rotatable bonds is 6. The van der Waals surface area contributed by atoms with Gasteiger partial charge in [-0.1, -0.05) is 60.7 Å². The van der Waals surface area contributed by atoms with E-state index in [0.717, 1.165) is 11.1 Å². The largest absolute Gasteiger partial charge is 0.452 e. The number of nitro benzene ring substituents is 1. The number of ether oxygens (including phenoxy) is 1. The van der Waals surface area contributed by atoms with E-state index in [1.165, 1.54) is 24.3 Å². The molecule has 0 aliphatic heterocycles. The van der Waals surface area contributed by atoms with Gasteiger partial charge in [0.15, 0.2) is 6.61 Å². The fraction of sp³-hybridized carbons (Fsp3) is 0.0476. The summed E-state index contributed by atoms with van der Waals surface area (Å²) in [5.41, 5.74) is 1.74. The molecule has 3 aromatic rings. The average Bonchev–Trinajstić information content (AvgIpc) is 2.73. The first-order valence-electron chi connectivity index (χ1n) is 8.41. The molecule has 140 valence electrons. The second kappa shape index (κ2) is 8.59. The first-order valence-corrected chi connectivity index (χ1v) is 8.41. The molecule has 0 aromatic heterocycles. The summed E-state index contributed by atoms with van der Waals surface area (Å²) in [6, 6.07) is 22.2. The van der Waals surface area contributed by atoms with Gasteiger partial charge in [-0.15, -0.1) is 0 Å². The van der Waals surface area contributed by atoms with E-state index in [9.17, 15) is 19.7 Å². The third kappa shape index (κ3) is 4.39. The van der Waals surface area contributed by atoms with Crippen molar-refractivity contribution in [2.75, 3.05) is 11.9 Å². The number of anilines is 1. The van der Waals surface area contributed by atoms with Gasteiger partial charge in [0.1, 0.15) is 5.56 Å². The first-order chi connectivity index (χ1) is 13.6. The Balaban J connectivity index is 1.68. The van der Waals surface area contributed by atoms with E-state index in [2.05, 4.69) is 5.32 Å². The second-order valence-corrected chi connectivity index (χ2v) is 5.81. The van der Waals surface area contributed by atoms with Gasteiger partial charge in [-0.05, 0) is 17.7 Å². The van der Waals surface area contributed by atoms with Crippen molar-refractivity contribution in [3.05, 3.63) is 94.5 Å². The monoisotopic (exact) mass is 376 g/mol. The van der Waals surface area contributed by atoms with Crippen LogP contribution in [0.5, 0.6) is 0 Å². The Morgan fingerprint density at radius 1 is 0.893 bits per heavy atom. The Bertz CT molecular complexity index is 1020. The Labute approximate surface area is 160 Å². The van der Waals surface area contributed by atoms with E-state index in [-0.39, 0.29) is 11.3 Å². The second-order valence-electron chi connectivity index (χ2n) is 5.81. The van der Waals surface area contributed by atoms with Crippen molar-refractivity contribution in [3.8, 4) is 11.1 Å². The lowest BCUT2D eigenvalue weighted by molar-refractivity contribution is -0.385. The van der Waals surface area contributed by atoms with E-state index in [1.54, 1.807) is 12.1 Å². The van der Waals surface area contributed by atoms with Crippen LogP contribution in [0.4, 0.5) is 11.4 Å². The molecule has 0 saturated heterocycles. The summed E-state index contributed by atoms with van der Waals surface area (Å²) in [7, 11) is 0. The van der Waals surface area contributed by atoms with Crippen LogP contribution in [0, 0.1) is 10.1 Å². The van der Waals surface area contributed by atoms with Crippen molar-refractivity contribution >= 4 is 23.3 Å². The molecule has 0 atom stereocenters. The summed E-state index contributed by atoms with van der Waals surface area (Å²) >= 11 is 0. The summed E-state index contributed by atoms with van der Waals surface area (Å²) in [5, 5.41) is 13.7. The molecule has 0 spiro atoms. The molecule has 7 nitrogen and oxygen atoms in total. The zero-order valence-electron chi connectivity index (χ0n) is 14.7. The number of hydrogen-bond acceptors (Lipinski definition) is 5. The molecule has 0 saturated carbocycles. The molecule has 3 aromatic carbocycles. The highest BCUT2D eigenvalue weighted by Gasteiger charge is 2.21. The van der Waals surface area contributed by atoms with E-state index in [0.29, 0.717) is 5.69 Å². The van der Waals surface area contributed by atoms with Crippen LogP contribution >= 0.6 is 0 Å². The average molecular weight is 376 g/mol. The van der Waals surface area contributed by atoms with Crippen molar-refractivity contribution in [2.45, 2.75) is 0 Å². The van der Waals surface area contributed by atoms with Gasteiger partial charge in [-0.25, -0.2) is 4.79 Å². The maximum atomic E-state index is 12.2. The third-order valence-corrected chi connectivity index (χ3v) is 3.94. The SMILES string of the molecule is O=C(COC(=O)c1ccccc1[N+](=O)[O-])Nc1ccccc1-c1ccccc1. The van der Waals surface area contributed by atoms with E-state index < -0.39 is 23.4 Å². The van der Waals surface area contributed by atoms with Crippen LogP contribution in [0.1, 0.15) is 10.4 Å². The molecule has 3 rings (SSSR count). The molecule has 0 bridgehead atoms. The highest BCUT2D eigenvalue weighted by Crippen LogP contribution is 2.27. The van der Waals surface area contributed by atoms with Crippen LogP contribution in [0.25, 0.3) is 11.1 Å². The van der Waals surface area contributed by atoms with Crippen LogP contribution in [0.15, 0.2) is 78.9 Å². The summed E-state index contributed by atoms with van der Waals surface area (Å²) in [4.78, 5) is 34.7. The third-order valence-electron chi connectivity index (χ3n) is 3.94. The molecule has 28 heavy (non-hydrogen) atoms. The quantitative estimate of drug-likeness (QED) is 0.397. The molecule has 1 N–H and O–H groups in total. The predicted molar refractivity (Wildman–Crippen MR) is 104 cm³/mol. The molecule has 1 amide bonds. The molecule has 0 heterocycles. The van der Waals surface area contributed by atoms with Crippen molar-refractivity contribution in [1.82, 2.24) is 0 Å². The minimum Gasteiger partial charge on any atom is -0.452 e. The Kier molecular flexibility index (Phi) is 5.76. The van der Waals surface area contributed by atoms with Gasteiger partial charge < -0.3 is 10.1 Å². The van der Waals surface area contributed by atoms with Crippen LogP contribution in [-0.2, 0) is 9.53 Å². The maximum absolute atomic E-state index is 12.2. The number of esters is 1. The Morgan fingerprint density at radius 3 is 2.29 bits per heavy atom. The fourth-order valence-corrected chi connectivity index (χ4v) is 2.66. The maximum Gasteiger partial charge on any atom is 0.345 e. The Hall–Kier alpha value is -4.00. The van der Waals surface area contributed by atoms with Crippen molar-refractivity contribution in [2.24, 2.45) is 0 Å². The summed E-state index contributed by atoms with van der Waals surface area (Å²) in [6.45, 7) is -0.562. The lowest BCUT2D eigenvalue weighted by Crippen LogP contribution is -2.21. The summed E-state index contributed by atoms with van der Waals surface area (Å²) in [5.74, 6) is -1.48. The fourth-order valence-electron chi connectivity index (χ4n) is 2.66. The van der Waals surface area contributed by atoms with Crippen LogP contribution in [0.3, 0.4) is 0 Å². The number of carbonyl (C=O) groups excluding carboxylic acids is 2. The number of nitro groups is 1. The highest BCUT2D eigenvalue weighted by molar-refractivity contribution is 5.99. The van der Waals surface area contributed by atoms with Gasteiger partial charge in [0.05, 0.1) is 4.92 Å². The number of benzene rings is 3. The number of para-hydroxylation sites is 2. The van der Waals surface area contributed by atoms with E-state index in [1.807, 2.05) is 42.5 Å². The topological polar surface area (TPSA) is 98.5 Å². The van der Waals surface area contributed by atoms with Crippen LogP contribution in [0.2, 0.25) is 0 Å². The first kappa shape index (κ1) is 18.8. The molecular formula is C21H16N2O5. The van der Waals surface area contributed by atoms with Crippen molar-refractivity contribution < 1.29 is 19.2 Å². The highest BCUT2D eigenvalue weighted by atomic mass is 16.6. The van der Waals surface area contributed by atoms with Crippen molar-refractivity contribution in [3.63, 3.8) is 0 Å². The number of amides is 1. The lowest BCUT2D eigenvalue weighted by Gasteiger charge is -2.11. The van der Waals surface area contributed by atoms with Gasteiger partial charge in [0, 0.05) is 17.3 Å². The Morgan fingerprint density at radius 2 is 1.54 bits per heavy atom. The molecule has 0 fully saturated rings. The standard InChI is InChI=1S/C21H16N2O5/c24-20(14-28-21(25)17-11-5-7-13-19(17)23(26)27)22-18-12-6-4-10-16(18)15-8-2-1-3-9-15/h1-13H,14H2,(H,22,24). The van der Waals surface area contributed by atoms with Gasteiger partial charge in [-0.3, -0.25) is 14.9 Å². The molecule has 0 radical (unpaired) electrons. The summed E-state index contributed by atoms with van der Waals surface area (Å²) < 4.78 is 4.94. The molecule has 7 heteroatoms. The van der Waals surface area contributed by atoms with Gasteiger partial charge >= 0.3 is 5.97 Å². The number of nitrogens with zero attached hydrogens (tertiary/aromatic N) is 1. The molecular weight excluding hydrogens is 360 g/mol. The molecule has 0 aliphatic rings. The van der Waals surface area contributed by atoms with Crippen LogP contribution < -0.4 is 5.32 Å². The number of carbonyl (C=O) groups is 2. The number of nitrogens with one attached hydrogen (secondary N) is 1. The predicted octanol–water partition coefficient (Wildman–Crippen LogP) is 4.06. The normalized spacial score (nSPS) is 10.1. The minimum atomic E-state index is -0.932.